The lowest BCUT2D eigenvalue weighted by atomic mass is 10.2. The smallest absolute Gasteiger partial charge is 0.316 e. The summed E-state index contributed by atoms with van der Waals surface area (Å²) in [6, 6.07) is 6.14. The van der Waals surface area contributed by atoms with Crippen LogP contribution in [0.1, 0.15) is 5.56 Å². The van der Waals surface area contributed by atoms with Crippen molar-refractivity contribution in [1.82, 2.24) is 10.0 Å². The lowest BCUT2D eigenvalue weighted by Gasteiger charge is -2.08. The van der Waals surface area contributed by atoms with E-state index >= 15 is 0 Å². The second-order valence-electron chi connectivity index (χ2n) is 3.87. The summed E-state index contributed by atoms with van der Waals surface area (Å²) in [5, 5.41) is 2.92. The molecule has 0 heterocycles. The zero-order valence-electron chi connectivity index (χ0n) is 10.7. The van der Waals surface area contributed by atoms with E-state index in [0.29, 0.717) is 6.54 Å². The van der Waals surface area contributed by atoms with Crippen LogP contribution in [-0.4, -0.2) is 33.3 Å². The first-order valence-corrected chi connectivity index (χ1v) is 8.15. The average molecular weight is 328 g/mol. The molecule has 0 saturated heterocycles. The van der Waals surface area contributed by atoms with Crippen molar-refractivity contribution in [3.63, 3.8) is 0 Å². The molecule has 0 amide bonds. The Balaban J connectivity index is 2.56. The third kappa shape index (κ3) is 6.12. The molecule has 0 atom stereocenters. The molecule has 0 radical (unpaired) electrons. The molecule has 1 aromatic rings. The lowest BCUT2D eigenvalue weighted by Crippen LogP contribution is -2.26. The molecule has 1 rings (SSSR count). The van der Waals surface area contributed by atoms with E-state index in [4.69, 9.17) is 0 Å². The van der Waals surface area contributed by atoms with Gasteiger partial charge in [0, 0.05) is 18.8 Å². The zero-order valence-corrected chi connectivity index (χ0v) is 12.3. The van der Waals surface area contributed by atoms with E-state index in [1.54, 1.807) is 19.2 Å². The number of sulfonamides is 1. The Kier molecular flexibility index (Phi) is 6.31. The van der Waals surface area contributed by atoms with E-state index in [1.807, 2.05) is 0 Å². The van der Waals surface area contributed by atoms with E-state index in [1.165, 1.54) is 12.1 Å². The first-order chi connectivity index (χ1) is 9.24. The predicted molar refractivity (Wildman–Crippen MR) is 72.9 cm³/mol. The number of nitrogens with one attached hydrogen (secondary N) is 2. The van der Waals surface area contributed by atoms with Gasteiger partial charge < -0.3 is 5.32 Å². The molecule has 0 spiro atoms. The van der Waals surface area contributed by atoms with Crippen LogP contribution in [-0.2, 0) is 16.6 Å². The Labute approximate surface area is 120 Å². The van der Waals surface area contributed by atoms with Gasteiger partial charge >= 0.3 is 5.51 Å². The van der Waals surface area contributed by atoms with Gasteiger partial charge in [-0.25, -0.2) is 13.1 Å². The molecule has 0 saturated carbocycles. The van der Waals surface area contributed by atoms with Crippen LogP contribution in [0.25, 0.3) is 0 Å². The summed E-state index contributed by atoms with van der Waals surface area (Å²) in [7, 11) is -1.99. The Morgan fingerprint density at radius 2 is 1.80 bits per heavy atom. The molecular formula is C11H15F3N2O2S2. The monoisotopic (exact) mass is 328 g/mol. The van der Waals surface area contributed by atoms with Crippen LogP contribution in [0.15, 0.2) is 29.2 Å². The molecule has 0 aromatic heterocycles. The molecule has 0 aliphatic heterocycles. The van der Waals surface area contributed by atoms with Gasteiger partial charge in [-0.2, -0.15) is 13.2 Å². The van der Waals surface area contributed by atoms with Crippen LogP contribution in [0.4, 0.5) is 13.2 Å². The highest BCUT2D eigenvalue weighted by Gasteiger charge is 2.27. The molecule has 4 nitrogen and oxygen atoms in total. The maximum absolute atomic E-state index is 11.9. The first kappa shape index (κ1) is 17.3. The largest absolute Gasteiger partial charge is 0.441 e. The molecule has 0 bridgehead atoms. The minimum atomic E-state index is -4.35. The standard InChI is InChI=1S/C11H15F3N2O2S2/c1-15-8-9-2-4-10(5-3-9)20(17,18)16-6-7-19-11(12,13)14/h2-5,15-16H,6-8H2,1H3. The Morgan fingerprint density at radius 3 is 2.30 bits per heavy atom. The highest BCUT2D eigenvalue weighted by molar-refractivity contribution is 8.00. The van der Waals surface area contributed by atoms with Gasteiger partial charge in [-0.05, 0) is 36.5 Å². The molecule has 20 heavy (non-hydrogen) atoms. The van der Waals surface area contributed by atoms with Gasteiger partial charge in [0.2, 0.25) is 10.0 Å². The number of alkyl halides is 3. The van der Waals surface area contributed by atoms with Crippen molar-refractivity contribution < 1.29 is 21.6 Å². The summed E-state index contributed by atoms with van der Waals surface area (Å²) in [5.41, 5.74) is -3.43. The van der Waals surface area contributed by atoms with Gasteiger partial charge in [0.1, 0.15) is 0 Å². The van der Waals surface area contributed by atoms with Crippen molar-refractivity contribution in [2.75, 3.05) is 19.3 Å². The number of hydrogen-bond acceptors (Lipinski definition) is 4. The maximum atomic E-state index is 11.9. The maximum Gasteiger partial charge on any atom is 0.441 e. The van der Waals surface area contributed by atoms with Gasteiger partial charge in [-0.1, -0.05) is 12.1 Å². The van der Waals surface area contributed by atoms with Gasteiger partial charge in [0.15, 0.2) is 0 Å². The molecule has 0 aliphatic carbocycles. The quantitative estimate of drug-likeness (QED) is 0.751. The summed E-state index contributed by atoms with van der Waals surface area (Å²) < 4.78 is 61.4. The fourth-order valence-electron chi connectivity index (χ4n) is 1.42. The molecule has 0 unspecified atom stereocenters. The number of benzene rings is 1. The van der Waals surface area contributed by atoms with Gasteiger partial charge in [-0.3, -0.25) is 0 Å². The minimum absolute atomic E-state index is 0.0364. The van der Waals surface area contributed by atoms with E-state index in [9.17, 15) is 21.6 Å². The van der Waals surface area contributed by atoms with Crippen molar-refractivity contribution in [1.29, 1.82) is 0 Å². The van der Waals surface area contributed by atoms with Crippen LogP contribution < -0.4 is 10.0 Å². The normalized spacial score (nSPS) is 12.6. The highest BCUT2D eigenvalue weighted by atomic mass is 32.2. The van der Waals surface area contributed by atoms with Crippen LogP contribution in [0.3, 0.4) is 0 Å². The fourth-order valence-corrected chi connectivity index (χ4v) is 3.01. The molecule has 0 fully saturated rings. The third-order valence-electron chi connectivity index (χ3n) is 2.27. The highest BCUT2D eigenvalue weighted by Crippen LogP contribution is 2.29. The van der Waals surface area contributed by atoms with E-state index in [0.717, 1.165) is 5.56 Å². The number of halogens is 3. The molecule has 0 aliphatic rings. The zero-order chi connectivity index (χ0) is 15.2. The second kappa shape index (κ2) is 7.30. The molecule has 114 valence electrons. The van der Waals surface area contributed by atoms with E-state index in [2.05, 4.69) is 10.0 Å². The number of hydrogen-bond donors (Lipinski definition) is 2. The summed E-state index contributed by atoms with van der Waals surface area (Å²) in [6.07, 6.45) is 0. The molecule has 2 N–H and O–H groups in total. The van der Waals surface area contributed by atoms with Gasteiger partial charge in [0.25, 0.3) is 0 Å². The van der Waals surface area contributed by atoms with Crippen molar-refractivity contribution in [3.8, 4) is 0 Å². The summed E-state index contributed by atoms with van der Waals surface area (Å²) in [6.45, 7) is 0.334. The summed E-state index contributed by atoms with van der Waals surface area (Å²) in [5.74, 6) is -0.361. The van der Waals surface area contributed by atoms with Crippen LogP contribution in [0.2, 0.25) is 0 Å². The fraction of sp³-hybridized carbons (Fsp3) is 0.455. The Hall–Kier alpha value is -0.770. The molecular weight excluding hydrogens is 313 g/mol. The van der Waals surface area contributed by atoms with Crippen LogP contribution in [0.5, 0.6) is 0 Å². The van der Waals surface area contributed by atoms with Crippen LogP contribution in [0, 0.1) is 0 Å². The lowest BCUT2D eigenvalue weighted by molar-refractivity contribution is -0.0327. The Bertz CT molecular complexity index is 515. The summed E-state index contributed by atoms with van der Waals surface area (Å²) >= 11 is -0.257. The minimum Gasteiger partial charge on any atom is -0.316 e. The molecule has 1 aromatic carbocycles. The van der Waals surface area contributed by atoms with Crippen molar-refractivity contribution in [2.24, 2.45) is 0 Å². The van der Waals surface area contributed by atoms with Crippen molar-refractivity contribution >= 4 is 21.8 Å². The second-order valence-corrected chi connectivity index (χ2v) is 6.79. The third-order valence-corrected chi connectivity index (χ3v) is 4.49. The predicted octanol–water partition coefficient (Wildman–Crippen LogP) is 1.94. The molecule has 9 heteroatoms. The number of rotatable bonds is 7. The van der Waals surface area contributed by atoms with E-state index in [-0.39, 0.29) is 29.0 Å². The summed E-state index contributed by atoms with van der Waals surface area (Å²) in [4.78, 5) is 0.0364. The Morgan fingerprint density at radius 1 is 1.20 bits per heavy atom. The van der Waals surface area contributed by atoms with Crippen molar-refractivity contribution in [2.45, 2.75) is 16.9 Å². The van der Waals surface area contributed by atoms with Gasteiger partial charge in [0.05, 0.1) is 4.90 Å². The topological polar surface area (TPSA) is 58.2 Å². The SMILES string of the molecule is CNCc1ccc(S(=O)(=O)NCCSC(F)(F)F)cc1. The van der Waals surface area contributed by atoms with Gasteiger partial charge in [-0.15, -0.1) is 0 Å². The number of thioether (sulfide) groups is 1. The first-order valence-electron chi connectivity index (χ1n) is 5.68. The van der Waals surface area contributed by atoms with E-state index < -0.39 is 15.5 Å². The van der Waals surface area contributed by atoms with Crippen LogP contribution >= 0.6 is 11.8 Å². The van der Waals surface area contributed by atoms with Crippen molar-refractivity contribution in [3.05, 3.63) is 29.8 Å². The average Bonchev–Trinajstić information content (AvgIpc) is 2.35.